The van der Waals surface area contributed by atoms with E-state index in [1.165, 1.54) is 0 Å². The molecule has 2 rings (SSSR count). The number of carbonyl (C=O) groups is 1. The SMILES string of the molecule is CCCCN(C)C(=O)c1cccnc1OC1CCSC1. The molecule has 4 nitrogen and oxygen atoms in total. The molecular weight excluding hydrogens is 272 g/mol. The Hall–Kier alpha value is -1.23. The van der Waals surface area contributed by atoms with E-state index < -0.39 is 0 Å². The van der Waals surface area contributed by atoms with Crippen LogP contribution in [0.3, 0.4) is 0 Å². The Balaban J connectivity index is 2.07. The number of aromatic nitrogens is 1. The molecule has 0 spiro atoms. The summed E-state index contributed by atoms with van der Waals surface area (Å²) in [4.78, 5) is 18.4. The van der Waals surface area contributed by atoms with Crippen LogP contribution < -0.4 is 4.74 Å². The maximum atomic E-state index is 12.4. The minimum Gasteiger partial charge on any atom is -0.473 e. The fourth-order valence-electron chi connectivity index (χ4n) is 2.11. The first kappa shape index (κ1) is 15.2. The molecule has 0 aromatic carbocycles. The van der Waals surface area contributed by atoms with Gasteiger partial charge in [-0.1, -0.05) is 13.3 Å². The van der Waals surface area contributed by atoms with Crippen LogP contribution in [0.25, 0.3) is 0 Å². The van der Waals surface area contributed by atoms with E-state index in [1.54, 1.807) is 23.2 Å². The molecule has 110 valence electrons. The second-order valence-corrected chi connectivity index (χ2v) is 6.19. The Morgan fingerprint density at radius 1 is 1.60 bits per heavy atom. The molecule has 20 heavy (non-hydrogen) atoms. The predicted octanol–water partition coefficient (Wildman–Crippen LogP) is 2.84. The highest BCUT2D eigenvalue weighted by Crippen LogP contribution is 2.24. The summed E-state index contributed by atoms with van der Waals surface area (Å²) in [6, 6.07) is 3.59. The molecule has 1 fully saturated rings. The van der Waals surface area contributed by atoms with Crippen molar-refractivity contribution in [3.63, 3.8) is 0 Å². The number of hydrogen-bond acceptors (Lipinski definition) is 4. The Labute approximate surface area is 124 Å². The van der Waals surface area contributed by atoms with Crippen molar-refractivity contribution in [2.75, 3.05) is 25.1 Å². The first-order chi connectivity index (χ1) is 9.72. The van der Waals surface area contributed by atoms with E-state index >= 15 is 0 Å². The number of nitrogens with zero attached hydrogens (tertiary/aromatic N) is 2. The summed E-state index contributed by atoms with van der Waals surface area (Å²) in [6.07, 6.45) is 4.98. The molecule has 0 aliphatic carbocycles. The van der Waals surface area contributed by atoms with Gasteiger partial charge in [0.15, 0.2) is 0 Å². The van der Waals surface area contributed by atoms with Crippen LogP contribution in [0.4, 0.5) is 0 Å². The standard InChI is InChI=1S/C15H22N2O2S/c1-3-4-9-17(2)15(18)13-6-5-8-16-14(13)19-12-7-10-20-11-12/h5-6,8,12H,3-4,7,9-11H2,1-2H3. The van der Waals surface area contributed by atoms with Crippen LogP contribution in [0.2, 0.25) is 0 Å². The van der Waals surface area contributed by atoms with Gasteiger partial charge in [-0.3, -0.25) is 4.79 Å². The summed E-state index contributed by atoms with van der Waals surface area (Å²) in [5.74, 6) is 2.58. The lowest BCUT2D eigenvalue weighted by Crippen LogP contribution is -2.29. The number of carbonyl (C=O) groups excluding carboxylic acids is 1. The van der Waals surface area contributed by atoms with Gasteiger partial charge in [0.05, 0.1) is 0 Å². The Morgan fingerprint density at radius 3 is 3.15 bits per heavy atom. The number of ether oxygens (including phenoxy) is 1. The maximum absolute atomic E-state index is 12.4. The summed E-state index contributed by atoms with van der Waals surface area (Å²) in [6.45, 7) is 2.89. The first-order valence-corrected chi connectivity index (χ1v) is 8.32. The van der Waals surface area contributed by atoms with Gasteiger partial charge in [-0.05, 0) is 30.7 Å². The van der Waals surface area contributed by atoms with E-state index in [4.69, 9.17) is 4.74 Å². The van der Waals surface area contributed by atoms with Crippen LogP contribution in [-0.4, -0.2) is 47.0 Å². The van der Waals surface area contributed by atoms with E-state index in [9.17, 15) is 4.79 Å². The van der Waals surface area contributed by atoms with Crippen molar-refractivity contribution < 1.29 is 9.53 Å². The Bertz CT molecular complexity index is 447. The second-order valence-electron chi connectivity index (χ2n) is 5.04. The molecule has 1 unspecified atom stereocenters. The quantitative estimate of drug-likeness (QED) is 0.809. The summed E-state index contributed by atoms with van der Waals surface area (Å²) in [7, 11) is 1.83. The van der Waals surface area contributed by atoms with Crippen LogP contribution in [0.5, 0.6) is 5.88 Å². The molecule has 1 aliphatic rings. The molecule has 1 atom stereocenters. The summed E-state index contributed by atoms with van der Waals surface area (Å²) in [5, 5.41) is 0. The number of hydrogen-bond donors (Lipinski definition) is 0. The minimum absolute atomic E-state index is 0.00722. The number of amides is 1. The minimum atomic E-state index is -0.00722. The van der Waals surface area contributed by atoms with Crippen molar-refractivity contribution in [1.29, 1.82) is 0 Å². The molecule has 0 bridgehead atoms. The zero-order valence-corrected chi connectivity index (χ0v) is 13.0. The van der Waals surface area contributed by atoms with Crippen LogP contribution in [0, 0.1) is 0 Å². The topological polar surface area (TPSA) is 42.4 Å². The molecule has 5 heteroatoms. The molecule has 1 saturated heterocycles. The van der Waals surface area contributed by atoms with Crippen molar-refractivity contribution in [3.05, 3.63) is 23.9 Å². The van der Waals surface area contributed by atoms with Crippen molar-refractivity contribution in [2.24, 2.45) is 0 Å². The van der Waals surface area contributed by atoms with E-state index in [2.05, 4.69) is 11.9 Å². The molecule has 2 heterocycles. The van der Waals surface area contributed by atoms with Crippen molar-refractivity contribution in [3.8, 4) is 5.88 Å². The predicted molar refractivity (Wildman–Crippen MR) is 82.5 cm³/mol. The summed E-state index contributed by atoms with van der Waals surface area (Å²) >= 11 is 1.88. The smallest absolute Gasteiger partial charge is 0.259 e. The lowest BCUT2D eigenvalue weighted by molar-refractivity contribution is 0.0785. The molecule has 0 radical (unpaired) electrons. The van der Waals surface area contributed by atoms with Gasteiger partial charge in [-0.2, -0.15) is 11.8 Å². The zero-order chi connectivity index (χ0) is 14.4. The molecular formula is C15H22N2O2S. The molecule has 0 saturated carbocycles. The number of thioether (sulfide) groups is 1. The van der Waals surface area contributed by atoms with E-state index in [0.717, 1.165) is 37.3 Å². The van der Waals surface area contributed by atoms with Crippen LogP contribution in [-0.2, 0) is 0 Å². The van der Waals surface area contributed by atoms with Gasteiger partial charge in [0.25, 0.3) is 5.91 Å². The lowest BCUT2D eigenvalue weighted by atomic mass is 10.2. The fraction of sp³-hybridized carbons (Fsp3) is 0.600. The monoisotopic (exact) mass is 294 g/mol. The number of unbranched alkanes of at least 4 members (excludes halogenated alkanes) is 1. The van der Waals surface area contributed by atoms with Crippen molar-refractivity contribution >= 4 is 17.7 Å². The van der Waals surface area contributed by atoms with Crippen LogP contribution in [0.15, 0.2) is 18.3 Å². The number of rotatable bonds is 6. The second kappa shape index (κ2) is 7.53. The zero-order valence-electron chi connectivity index (χ0n) is 12.2. The van der Waals surface area contributed by atoms with Crippen LogP contribution in [0.1, 0.15) is 36.5 Å². The average Bonchev–Trinajstić information content (AvgIpc) is 2.97. The molecule has 1 amide bonds. The number of pyridine rings is 1. The third-order valence-corrected chi connectivity index (χ3v) is 4.49. The van der Waals surface area contributed by atoms with E-state index in [0.29, 0.717) is 11.4 Å². The fourth-order valence-corrected chi connectivity index (χ4v) is 3.21. The summed E-state index contributed by atoms with van der Waals surface area (Å²) < 4.78 is 5.90. The van der Waals surface area contributed by atoms with Crippen molar-refractivity contribution in [1.82, 2.24) is 9.88 Å². The van der Waals surface area contributed by atoms with Gasteiger partial charge in [0.2, 0.25) is 5.88 Å². The van der Waals surface area contributed by atoms with Gasteiger partial charge in [-0.25, -0.2) is 4.98 Å². The highest BCUT2D eigenvalue weighted by Gasteiger charge is 2.22. The normalized spacial score (nSPS) is 18.0. The van der Waals surface area contributed by atoms with Crippen molar-refractivity contribution in [2.45, 2.75) is 32.3 Å². The lowest BCUT2D eigenvalue weighted by Gasteiger charge is -2.19. The Morgan fingerprint density at radius 2 is 2.45 bits per heavy atom. The molecule has 1 aromatic rings. The third kappa shape index (κ3) is 3.88. The van der Waals surface area contributed by atoms with Gasteiger partial charge in [0, 0.05) is 25.5 Å². The van der Waals surface area contributed by atoms with Gasteiger partial charge in [-0.15, -0.1) is 0 Å². The van der Waals surface area contributed by atoms with Gasteiger partial charge in [0.1, 0.15) is 11.7 Å². The van der Waals surface area contributed by atoms with E-state index in [1.807, 2.05) is 18.8 Å². The van der Waals surface area contributed by atoms with Gasteiger partial charge < -0.3 is 9.64 Å². The molecule has 0 N–H and O–H groups in total. The largest absolute Gasteiger partial charge is 0.473 e. The first-order valence-electron chi connectivity index (χ1n) is 7.17. The van der Waals surface area contributed by atoms with Crippen LogP contribution >= 0.6 is 11.8 Å². The average molecular weight is 294 g/mol. The third-order valence-electron chi connectivity index (χ3n) is 3.36. The highest BCUT2D eigenvalue weighted by atomic mass is 32.2. The highest BCUT2D eigenvalue weighted by molar-refractivity contribution is 7.99. The van der Waals surface area contributed by atoms with Gasteiger partial charge >= 0.3 is 0 Å². The maximum Gasteiger partial charge on any atom is 0.259 e. The molecule has 1 aromatic heterocycles. The Kier molecular flexibility index (Phi) is 5.71. The molecule has 1 aliphatic heterocycles. The summed E-state index contributed by atoms with van der Waals surface area (Å²) in [5.41, 5.74) is 0.572. The van der Waals surface area contributed by atoms with E-state index in [-0.39, 0.29) is 12.0 Å².